The third kappa shape index (κ3) is 1.16. The van der Waals surface area contributed by atoms with E-state index in [1.807, 2.05) is 0 Å². The van der Waals surface area contributed by atoms with E-state index >= 15 is 0 Å². The fraction of sp³-hybridized carbons (Fsp3) is 1.00. The van der Waals surface area contributed by atoms with Gasteiger partial charge in [-0.3, -0.25) is 0 Å². The molecule has 1 aliphatic heterocycles. The van der Waals surface area contributed by atoms with E-state index in [1.165, 1.54) is 7.85 Å². The van der Waals surface area contributed by atoms with E-state index in [0.29, 0.717) is 0 Å². The molecule has 1 aliphatic rings. The molecule has 0 amide bonds. The number of aliphatic hydroxyl groups is 2. The predicted molar refractivity (Wildman–Crippen MR) is 35.2 cm³/mol. The maximum Gasteiger partial charge on any atom is 0.147 e. The zero-order valence-electron chi connectivity index (χ0n) is 5.70. The van der Waals surface area contributed by atoms with Crippen molar-refractivity contribution in [1.29, 1.82) is 0 Å². The Morgan fingerprint density at radius 1 is 1.60 bits per heavy atom. The number of rotatable bonds is 1. The zero-order valence-corrected chi connectivity index (χ0v) is 5.70. The highest BCUT2D eigenvalue weighted by molar-refractivity contribution is 6.11. The molecule has 1 rings (SSSR count). The van der Waals surface area contributed by atoms with Gasteiger partial charge in [0.05, 0.1) is 12.6 Å². The number of hydrogen-bond donors (Lipinski definition) is 2. The summed E-state index contributed by atoms with van der Waals surface area (Å²) >= 11 is 0. The van der Waals surface area contributed by atoms with E-state index in [4.69, 9.17) is 14.9 Å². The minimum Gasteiger partial charge on any atom is -0.394 e. The van der Waals surface area contributed by atoms with Gasteiger partial charge in [0.15, 0.2) is 0 Å². The van der Waals surface area contributed by atoms with Crippen LogP contribution in [0.4, 0.5) is 4.39 Å². The van der Waals surface area contributed by atoms with Gasteiger partial charge in [-0.1, -0.05) is 0 Å². The van der Waals surface area contributed by atoms with E-state index in [1.54, 1.807) is 0 Å². The summed E-state index contributed by atoms with van der Waals surface area (Å²) in [6.07, 6.45) is -3.28. The maximum atomic E-state index is 12.7. The molecule has 5 heteroatoms. The van der Waals surface area contributed by atoms with E-state index < -0.39 is 24.4 Å². The molecule has 10 heavy (non-hydrogen) atoms. The van der Waals surface area contributed by atoms with Crippen LogP contribution in [0.15, 0.2) is 0 Å². The Morgan fingerprint density at radius 3 is 2.40 bits per heavy atom. The van der Waals surface area contributed by atoms with Crippen molar-refractivity contribution >= 4 is 7.85 Å². The van der Waals surface area contributed by atoms with Gasteiger partial charge in [0.1, 0.15) is 26.2 Å². The molecule has 58 valence electrons. The first-order chi connectivity index (χ1) is 4.66. The van der Waals surface area contributed by atoms with Gasteiger partial charge in [-0.05, 0) is 0 Å². The Labute approximate surface area is 59.2 Å². The average molecular weight is 148 g/mol. The van der Waals surface area contributed by atoms with Crippen LogP contribution in [0.1, 0.15) is 0 Å². The molecule has 1 saturated heterocycles. The van der Waals surface area contributed by atoms with Crippen molar-refractivity contribution in [1.82, 2.24) is 0 Å². The summed E-state index contributed by atoms with van der Waals surface area (Å²) in [5, 5.41) is 17.5. The Hall–Kier alpha value is -0.125. The molecule has 3 nitrogen and oxygen atoms in total. The van der Waals surface area contributed by atoms with Crippen LogP contribution in [0.5, 0.6) is 0 Å². The summed E-state index contributed by atoms with van der Waals surface area (Å²) in [5.41, 5.74) is 0. The molecule has 0 bridgehead atoms. The topological polar surface area (TPSA) is 49.7 Å². The first-order valence-electron chi connectivity index (χ1n) is 3.25. The van der Waals surface area contributed by atoms with Gasteiger partial charge in [0, 0.05) is 0 Å². The molecule has 4 atom stereocenters. The number of alkyl halides is 1. The lowest BCUT2D eigenvalue weighted by Gasteiger charge is -2.09. The Morgan fingerprint density at radius 2 is 2.20 bits per heavy atom. The van der Waals surface area contributed by atoms with Gasteiger partial charge in [-0.25, -0.2) is 4.39 Å². The van der Waals surface area contributed by atoms with Crippen LogP contribution < -0.4 is 0 Å². The third-order valence-corrected chi connectivity index (χ3v) is 1.73. The molecule has 2 N–H and O–H groups in total. The first-order valence-corrected chi connectivity index (χ1v) is 3.25. The van der Waals surface area contributed by atoms with E-state index in [2.05, 4.69) is 0 Å². The highest BCUT2D eigenvalue weighted by Gasteiger charge is 2.40. The van der Waals surface area contributed by atoms with Crippen LogP contribution in [0.2, 0.25) is 0 Å². The van der Waals surface area contributed by atoms with Crippen molar-refractivity contribution in [3.05, 3.63) is 0 Å². The fourth-order valence-corrected chi connectivity index (χ4v) is 1.07. The fourth-order valence-electron chi connectivity index (χ4n) is 1.07. The summed E-state index contributed by atoms with van der Waals surface area (Å²) in [6.45, 7) is -0.327. The van der Waals surface area contributed by atoms with E-state index in [-0.39, 0.29) is 6.61 Å². The van der Waals surface area contributed by atoms with Crippen molar-refractivity contribution in [2.75, 3.05) is 6.61 Å². The molecule has 0 radical (unpaired) electrons. The second kappa shape index (κ2) is 2.86. The van der Waals surface area contributed by atoms with Crippen molar-refractivity contribution in [2.45, 2.75) is 24.4 Å². The minimum atomic E-state index is -1.36. The SMILES string of the molecule is B[C@@H]1O[C@H](CO)[C@H](O)[C@@H]1F. The van der Waals surface area contributed by atoms with Crippen molar-refractivity contribution in [2.24, 2.45) is 0 Å². The molecule has 0 spiro atoms. The molecular weight excluding hydrogens is 138 g/mol. The molecular formula is C5H10BFO3. The molecule has 0 unspecified atom stereocenters. The van der Waals surface area contributed by atoms with Gasteiger partial charge in [0.2, 0.25) is 0 Å². The normalized spacial score (nSPS) is 47.9. The molecule has 0 aromatic rings. The van der Waals surface area contributed by atoms with Crippen molar-refractivity contribution in [3.63, 3.8) is 0 Å². The lowest BCUT2D eigenvalue weighted by atomic mass is 9.94. The zero-order chi connectivity index (χ0) is 7.72. The van der Waals surface area contributed by atoms with Crippen LogP contribution in [-0.2, 0) is 4.74 Å². The Kier molecular flexibility index (Phi) is 2.28. The number of hydrogen-bond acceptors (Lipinski definition) is 3. The van der Waals surface area contributed by atoms with Crippen LogP contribution in [0.3, 0.4) is 0 Å². The lowest BCUT2D eigenvalue weighted by Crippen LogP contribution is -2.30. The number of ether oxygens (including phenoxy) is 1. The summed E-state index contributed by atoms with van der Waals surface area (Å²) in [5.74, 6) is 0. The smallest absolute Gasteiger partial charge is 0.147 e. The Bertz CT molecular complexity index is 123. The second-order valence-corrected chi connectivity index (χ2v) is 2.50. The first kappa shape index (κ1) is 7.98. The number of halogens is 1. The van der Waals surface area contributed by atoms with Crippen LogP contribution in [0.25, 0.3) is 0 Å². The highest BCUT2D eigenvalue weighted by Crippen LogP contribution is 2.21. The van der Waals surface area contributed by atoms with Crippen LogP contribution in [-0.4, -0.2) is 49.0 Å². The Balaban J connectivity index is 2.53. The monoisotopic (exact) mass is 148 g/mol. The lowest BCUT2D eigenvalue weighted by molar-refractivity contribution is -0.00566. The van der Waals surface area contributed by atoms with Gasteiger partial charge in [-0.2, -0.15) is 0 Å². The average Bonchev–Trinajstić information content (AvgIpc) is 2.17. The van der Waals surface area contributed by atoms with Crippen molar-refractivity contribution < 1.29 is 19.3 Å². The van der Waals surface area contributed by atoms with Gasteiger partial charge >= 0.3 is 0 Å². The molecule has 0 aromatic heterocycles. The van der Waals surface area contributed by atoms with Crippen LogP contribution >= 0.6 is 0 Å². The summed E-state index contributed by atoms with van der Waals surface area (Å²) in [7, 11) is 1.53. The predicted octanol–water partition coefficient (Wildman–Crippen LogP) is -1.96. The highest BCUT2D eigenvalue weighted by atomic mass is 19.1. The maximum absolute atomic E-state index is 12.7. The van der Waals surface area contributed by atoms with Gasteiger partial charge in [-0.15, -0.1) is 0 Å². The summed E-state index contributed by atoms with van der Waals surface area (Å²) < 4.78 is 17.5. The number of aliphatic hydroxyl groups excluding tert-OH is 2. The quantitative estimate of drug-likeness (QED) is 0.424. The molecule has 0 aromatic carbocycles. The third-order valence-electron chi connectivity index (χ3n) is 1.73. The van der Waals surface area contributed by atoms with Gasteiger partial charge < -0.3 is 14.9 Å². The standard InChI is InChI=1S/C5H10BFO3/c6-5-3(7)4(9)2(1-8)10-5/h2-5,8-9H,1,6H2/t2-,3+,4+,5-/m1/s1. The molecule has 0 aliphatic carbocycles. The molecule has 1 fully saturated rings. The van der Waals surface area contributed by atoms with Crippen molar-refractivity contribution in [3.8, 4) is 0 Å². The molecule has 0 saturated carbocycles. The van der Waals surface area contributed by atoms with E-state index in [9.17, 15) is 4.39 Å². The second-order valence-electron chi connectivity index (χ2n) is 2.50. The summed E-state index contributed by atoms with van der Waals surface area (Å²) in [4.78, 5) is 0. The van der Waals surface area contributed by atoms with Gasteiger partial charge in [0.25, 0.3) is 0 Å². The molecule has 1 heterocycles. The summed E-state index contributed by atoms with van der Waals surface area (Å²) in [6, 6.07) is -0.604. The largest absolute Gasteiger partial charge is 0.394 e. The minimum absolute atomic E-state index is 0.327. The van der Waals surface area contributed by atoms with Crippen LogP contribution in [0, 0.1) is 0 Å². The van der Waals surface area contributed by atoms with E-state index in [0.717, 1.165) is 0 Å².